The van der Waals surface area contributed by atoms with Crippen LogP contribution in [0.4, 0.5) is 9.41 Å². The average molecular weight is 122 g/mol. The fraction of sp³-hybridized carbons (Fsp3) is 0. The van der Waals surface area contributed by atoms with Crippen molar-refractivity contribution in [2.24, 2.45) is 0 Å². The molecular weight excluding hydrogens is 117 g/mol. The summed E-state index contributed by atoms with van der Waals surface area (Å²) in [6, 6.07) is 0. The summed E-state index contributed by atoms with van der Waals surface area (Å²) in [4.78, 5) is 0. The third-order valence-electron chi connectivity index (χ3n) is 0. The van der Waals surface area contributed by atoms with Crippen molar-refractivity contribution >= 4 is 89.1 Å². The Bertz CT molecular complexity index is 6.00. The maximum atomic E-state index is 0. The van der Waals surface area contributed by atoms with Crippen molar-refractivity contribution < 1.29 is 9.41 Å². The van der Waals surface area contributed by atoms with E-state index in [4.69, 9.17) is 0 Å². The van der Waals surface area contributed by atoms with E-state index < -0.39 is 0 Å². The standard InChI is InChI=1S/Ca.2FH.K.3H/h;2*1H;;;;. The molecule has 0 saturated carbocycles. The van der Waals surface area contributed by atoms with Crippen LogP contribution < -0.4 is 0 Å². The van der Waals surface area contributed by atoms with Crippen molar-refractivity contribution in [3.8, 4) is 0 Å². The molecule has 0 aliphatic heterocycles. The molecule has 22 valence electrons. The average Bonchev–Trinajstić information content (AvgIpc) is 0. The van der Waals surface area contributed by atoms with Crippen LogP contribution in [-0.2, 0) is 0 Å². The van der Waals surface area contributed by atoms with Gasteiger partial charge in [-0.1, -0.05) is 0 Å². The molecule has 0 aliphatic carbocycles. The summed E-state index contributed by atoms with van der Waals surface area (Å²) in [5.74, 6) is 0. The molecule has 0 radical (unpaired) electrons. The predicted molar refractivity (Wildman–Crippen MR) is 20.7 cm³/mol. The molecule has 0 aromatic carbocycles. The van der Waals surface area contributed by atoms with E-state index in [0.717, 1.165) is 0 Å². The van der Waals surface area contributed by atoms with E-state index in [-0.39, 0.29) is 98.5 Å². The van der Waals surface area contributed by atoms with Crippen molar-refractivity contribution in [3.05, 3.63) is 0 Å². The first-order valence-electron chi connectivity index (χ1n) is 0. The molecule has 0 unspecified atom stereocenters. The van der Waals surface area contributed by atoms with Gasteiger partial charge in [-0.25, -0.2) is 0 Å². The molecule has 0 aliphatic rings. The van der Waals surface area contributed by atoms with Gasteiger partial charge in [-0.2, -0.15) is 0 Å². The van der Waals surface area contributed by atoms with E-state index >= 15 is 0 Å². The Morgan fingerprint density at radius 2 is 0.750 bits per heavy atom. The minimum absolute atomic E-state index is 0. The van der Waals surface area contributed by atoms with Crippen molar-refractivity contribution in [2.45, 2.75) is 0 Å². The van der Waals surface area contributed by atoms with Gasteiger partial charge in [-0.15, -0.1) is 0 Å². The number of halogens is 2. The van der Waals surface area contributed by atoms with E-state index in [1.165, 1.54) is 0 Å². The van der Waals surface area contributed by atoms with Gasteiger partial charge in [-0.05, 0) is 0 Å². The maximum absolute atomic E-state index is 0. The van der Waals surface area contributed by atoms with E-state index in [9.17, 15) is 0 Å². The summed E-state index contributed by atoms with van der Waals surface area (Å²) in [6.45, 7) is 0. The summed E-state index contributed by atoms with van der Waals surface area (Å²) in [7, 11) is 0. The van der Waals surface area contributed by atoms with Crippen LogP contribution in [0.25, 0.3) is 0 Å². The van der Waals surface area contributed by atoms with Gasteiger partial charge in [0.2, 0.25) is 0 Å². The SMILES string of the molecule is F.F.[CaH2].[KH]. The van der Waals surface area contributed by atoms with Crippen LogP contribution >= 0.6 is 0 Å². The third-order valence-corrected chi connectivity index (χ3v) is 0. The molecule has 0 fully saturated rings. The summed E-state index contributed by atoms with van der Waals surface area (Å²) >= 11 is 0. The van der Waals surface area contributed by atoms with Crippen LogP contribution in [0.3, 0.4) is 0 Å². The van der Waals surface area contributed by atoms with Gasteiger partial charge in [0.05, 0.1) is 0 Å². The molecule has 4 heteroatoms. The number of rotatable bonds is 0. The normalized spacial score (nSPS) is 0. The van der Waals surface area contributed by atoms with E-state index in [1.807, 2.05) is 0 Å². The summed E-state index contributed by atoms with van der Waals surface area (Å²) in [5.41, 5.74) is 0. The van der Waals surface area contributed by atoms with E-state index in [1.54, 1.807) is 0 Å². The fourth-order valence-corrected chi connectivity index (χ4v) is 0. The van der Waals surface area contributed by atoms with Crippen LogP contribution in [0, 0.1) is 0 Å². The number of hydrogen-bond donors (Lipinski definition) is 0. The van der Waals surface area contributed by atoms with Crippen LogP contribution in [0.2, 0.25) is 0 Å². The Labute approximate surface area is 95.9 Å². The van der Waals surface area contributed by atoms with Crippen LogP contribution in [0.15, 0.2) is 0 Å². The molecule has 0 heterocycles. The Morgan fingerprint density at radius 1 is 0.750 bits per heavy atom. The van der Waals surface area contributed by atoms with E-state index in [0.29, 0.717) is 0 Å². The zero-order chi connectivity index (χ0) is 0. The Balaban J connectivity index is 0. The van der Waals surface area contributed by atoms with Gasteiger partial charge in [0.1, 0.15) is 0 Å². The molecule has 0 amide bonds. The van der Waals surface area contributed by atoms with Gasteiger partial charge in [-0.3, -0.25) is 9.41 Å². The monoisotopic (exact) mass is 122 g/mol. The van der Waals surface area contributed by atoms with Gasteiger partial charge in [0.25, 0.3) is 0 Å². The molecule has 0 N–H and O–H groups in total. The first kappa shape index (κ1) is 29.5. The van der Waals surface area contributed by atoms with Crippen LogP contribution in [0.5, 0.6) is 0 Å². The molecule has 0 saturated heterocycles. The van der Waals surface area contributed by atoms with Crippen molar-refractivity contribution in [1.29, 1.82) is 0 Å². The summed E-state index contributed by atoms with van der Waals surface area (Å²) in [5, 5.41) is 0. The van der Waals surface area contributed by atoms with E-state index in [2.05, 4.69) is 0 Å². The molecule has 0 rings (SSSR count). The van der Waals surface area contributed by atoms with Crippen LogP contribution in [0.1, 0.15) is 0 Å². The molecule has 0 bridgehead atoms. The second kappa shape index (κ2) is 17.1. The van der Waals surface area contributed by atoms with Gasteiger partial charge >= 0.3 is 89.1 Å². The molecule has 0 aromatic heterocycles. The predicted octanol–water partition coefficient (Wildman–Crippen LogP) is -1.26. The Morgan fingerprint density at radius 3 is 0.750 bits per heavy atom. The molecule has 0 atom stereocenters. The van der Waals surface area contributed by atoms with Crippen molar-refractivity contribution in [1.82, 2.24) is 0 Å². The molecule has 0 aromatic rings. The molecular formula is H5CaF2K. The molecule has 0 nitrogen and oxygen atoms in total. The fourth-order valence-electron chi connectivity index (χ4n) is 0. The van der Waals surface area contributed by atoms with Gasteiger partial charge < -0.3 is 0 Å². The second-order valence-electron chi connectivity index (χ2n) is 0. The topological polar surface area (TPSA) is 0 Å². The van der Waals surface area contributed by atoms with Crippen molar-refractivity contribution in [3.63, 3.8) is 0 Å². The number of hydrogen-bond acceptors (Lipinski definition) is 0. The van der Waals surface area contributed by atoms with Gasteiger partial charge in [0.15, 0.2) is 0 Å². The molecule has 0 spiro atoms. The van der Waals surface area contributed by atoms with Gasteiger partial charge in [0, 0.05) is 0 Å². The van der Waals surface area contributed by atoms with Crippen molar-refractivity contribution in [2.75, 3.05) is 0 Å². The minimum atomic E-state index is 0. The Kier molecular flexibility index (Phi) is 126. The first-order valence-corrected chi connectivity index (χ1v) is 0. The zero-order valence-corrected chi connectivity index (χ0v) is 0.816. The quantitative estimate of drug-likeness (QED) is 0.352. The third kappa shape index (κ3) is 8.83. The Hall–Kier alpha value is 2.76. The summed E-state index contributed by atoms with van der Waals surface area (Å²) < 4.78 is 0. The van der Waals surface area contributed by atoms with Crippen LogP contribution in [-0.4, -0.2) is 89.1 Å². The first-order chi connectivity index (χ1) is 0. The molecule has 4 heavy (non-hydrogen) atoms. The summed E-state index contributed by atoms with van der Waals surface area (Å²) in [6.07, 6.45) is 0. The zero-order valence-electron chi connectivity index (χ0n) is 0.816. The second-order valence-corrected chi connectivity index (χ2v) is 0.